The molecule has 0 unspecified atom stereocenters. The molecule has 0 heterocycles. The molecular weight excluding hydrogens is 432 g/mol. The van der Waals surface area contributed by atoms with E-state index < -0.39 is 0 Å². The lowest BCUT2D eigenvalue weighted by Crippen LogP contribution is -2.26. The average Bonchev–Trinajstić information content (AvgIpc) is 2.90. The van der Waals surface area contributed by atoms with Crippen LogP contribution in [0.5, 0.6) is 11.5 Å². The molecule has 0 N–H and O–H groups in total. The van der Waals surface area contributed by atoms with Crippen molar-refractivity contribution in [3.63, 3.8) is 0 Å². The van der Waals surface area contributed by atoms with Crippen LogP contribution in [0.2, 0.25) is 0 Å². The summed E-state index contributed by atoms with van der Waals surface area (Å²) in [5.74, 6) is 1.87. The Morgan fingerprint density at radius 3 is 1.17 bits per heavy atom. The van der Waals surface area contributed by atoms with Gasteiger partial charge in [-0.15, -0.1) is 0 Å². The SMILES string of the molecule is CCCCN(CCCCCCCN(CCCC)Cc1ccc(OC)cc1)Cc1ccc(OC)cc1. The highest BCUT2D eigenvalue weighted by Gasteiger charge is 2.08. The number of methoxy groups -OCH3 is 2. The van der Waals surface area contributed by atoms with Crippen molar-refractivity contribution in [3.8, 4) is 11.5 Å². The lowest BCUT2D eigenvalue weighted by Gasteiger charge is -2.23. The Morgan fingerprint density at radius 1 is 0.486 bits per heavy atom. The zero-order valence-electron chi connectivity index (χ0n) is 22.9. The number of nitrogens with zero attached hydrogens (tertiary/aromatic N) is 2. The van der Waals surface area contributed by atoms with Gasteiger partial charge in [-0.2, -0.15) is 0 Å². The van der Waals surface area contributed by atoms with Crippen molar-refractivity contribution in [1.29, 1.82) is 0 Å². The number of rotatable bonds is 20. The van der Waals surface area contributed by atoms with Crippen LogP contribution in [0, 0.1) is 0 Å². The highest BCUT2D eigenvalue weighted by Crippen LogP contribution is 2.16. The normalized spacial score (nSPS) is 11.4. The number of unbranched alkanes of at least 4 members (excludes halogenated alkanes) is 6. The first-order chi connectivity index (χ1) is 17.2. The van der Waals surface area contributed by atoms with Gasteiger partial charge >= 0.3 is 0 Å². The Morgan fingerprint density at radius 2 is 0.829 bits per heavy atom. The van der Waals surface area contributed by atoms with Crippen LogP contribution in [0.1, 0.15) is 82.8 Å². The van der Waals surface area contributed by atoms with Crippen molar-refractivity contribution in [2.24, 2.45) is 0 Å². The van der Waals surface area contributed by atoms with Crippen molar-refractivity contribution in [2.75, 3.05) is 40.4 Å². The largest absolute Gasteiger partial charge is 0.497 e. The van der Waals surface area contributed by atoms with Gasteiger partial charge in [0, 0.05) is 13.1 Å². The maximum Gasteiger partial charge on any atom is 0.118 e. The summed E-state index contributed by atoms with van der Waals surface area (Å²) >= 11 is 0. The Hall–Kier alpha value is -2.04. The van der Waals surface area contributed by atoms with E-state index in [0.717, 1.165) is 24.6 Å². The van der Waals surface area contributed by atoms with Crippen LogP contribution in [-0.4, -0.2) is 50.2 Å². The molecule has 0 amide bonds. The smallest absolute Gasteiger partial charge is 0.118 e. The minimum absolute atomic E-state index is 0.936. The van der Waals surface area contributed by atoms with Crippen LogP contribution in [0.25, 0.3) is 0 Å². The van der Waals surface area contributed by atoms with Gasteiger partial charge < -0.3 is 9.47 Å². The minimum Gasteiger partial charge on any atom is -0.497 e. The van der Waals surface area contributed by atoms with Crippen LogP contribution in [-0.2, 0) is 13.1 Å². The second kappa shape index (κ2) is 18.3. The van der Waals surface area contributed by atoms with E-state index in [1.54, 1.807) is 14.2 Å². The maximum absolute atomic E-state index is 5.30. The van der Waals surface area contributed by atoms with Gasteiger partial charge in [-0.1, -0.05) is 70.2 Å². The summed E-state index contributed by atoms with van der Waals surface area (Å²) in [5, 5.41) is 0. The number of ether oxygens (including phenoxy) is 2. The first-order valence-corrected chi connectivity index (χ1v) is 13.9. The average molecular weight is 483 g/mol. The summed E-state index contributed by atoms with van der Waals surface area (Å²) in [6.45, 7) is 11.4. The fraction of sp³-hybridized carbons (Fsp3) is 0.613. The van der Waals surface area contributed by atoms with Crippen molar-refractivity contribution in [2.45, 2.75) is 84.7 Å². The summed E-state index contributed by atoms with van der Waals surface area (Å²) in [4.78, 5) is 5.26. The molecule has 0 saturated carbocycles. The summed E-state index contributed by atoms with van der Waals surface area (Å²) in [7, 11) is 3.46. The molecule has 4 nitrogen and oxygen atoms in total. The summed E-state index contributed by atoms with van der Waals surface area (Å²) in [6, 6.07) is 17.1. The topological polar surface area (TPSA) is 24.9 Å². The summed E-state index contributed by atoms with van der Waals surface area (Å²) in [5.41, 5.74) is 2.76. The molecule has 0 fully saturated rings. The predicted molar refractivity (Wildman–Crippen MR) is 149 cm³/mol. The van der Waals surface area contributed by atoms with Gasteiger partial charge in [-0.25, -0.2) is 0 Å². The fourth-order valence-electron chi connectivity index (χ4n) is 4.48. The molecule has 0 bridgehead atoms. The third kappa shape index (κ3) is 12.5. The molecule has 0 aliphatic carbocycles. The van der Waals surface area contributed by atoms with Gasteiger partial charge in [0.15, 0.2) is 0 Å². The summed E-state index contributed by atoms with van der Waals surface area (Å²) in [6.07, 6.45) is 11.7. The van der Waals surface area contributed by atoms with Gasteiger partial charge in [-0.05, 0) is 87.3 Å². The minimum atomic E-state index is 0.936. The molecular formula is C31H50N2O2. The highest BCUT2D eigenvalue weighted by atomic mass is 16.5. The number of hydrogen-bond acceptors (Lipinski definition) is 4. The first kappa shape index (κ1) is 29.2. The van der Waals surface area contributed by atoms with E-state index in [0.29, 0.717) is 0 Å². The van der Waals surface area contributed by atoms with E-state index in [2.05, 4.69) is 72.2 Å². The van der Waals surface area contributed by atoms with Crippen LogP contribution < -0.4 is 9.47 Å². The Labute approximate surface area is 215 Å². The predicted octanol–water partition coefficient (Wildman–Crippen LogP) is 7.56. The maximum atomic E-state index is 5.30. The van der Waals surface area contributed by atoms with E-state index in [9.17, 15) is 0 Å². The molecule has 0 spiro atoms. The highest BCUT2D eigenvalue weighted by molar-refractivity contribution is 5.27. The third-order valence-electron chi connectivity index (χ3n) is 6.73. The molecule has 196 valence electrons. The number of hydrogen-bond donors (Lipinski definition) is 0. The van der Waals surface area contributed by atoms with Crippen molar-refractivity contribution in [1.82, 2.24) is 9.80 Å². The zero-order chi connectivity index (χ0) is 25.1. The first-order valence-electron chi connectivity index (χ1n) is 13.9. The van der Waals surface area contributed by atoms with E-state index in [-0.39, 0.29) is 0 Å². The molecule has 0 atom stereocenters. The van der Waals surface area contributed by atoms with E-state index in [4.69, 9.17) is 9.47 Å². The summed E-state index contributed by atoms with van der Waals surface area (Å²) < 4.78 is 10.6. The molecule has 2 aromatic rings. The molecule has 0 radical (unpaired) electrons. The standard InChI is InChI=1S/C31H50N2O2/c1-5-7-22-32(26-28-14-18-30(34-3)19-15-28)24-12-10-9-11-13-25-33(23-8-6-2)27-29-16-20-31(35-4)21-17-29/h14-21H,5-13,22-27H2,1-4H3. The van der Waals surface area contributed by atoms with Crippen LogP contribution in [0.4, 0.5) is 0 Å². The van der Waals surface area contributed by atoms with Gasteiger partial charge in [0.1, 0.15) is 11.5 Å². The second-order valence-electron chi connectivity index (χ2n) is 9.72. The van der Waals surface area contributed by atoms with E-state index in [1.165, 1.54) is 95.1 Å². The molecule has 0 aliphatic rings. The van der Waals surface area contributed by atoms with Gasteiger partial charge in [0.25, 0.3) is 0 Å². The Kier molecular flexibility index (Phi) is 15.2. The van der Waals surface area contributed by atoms with Gasteiger partial charge in [0.05, 0.1) is 14.2 Å². The monoisotopic (exact) mass is 482 g/mol. The van der Waals surface area contributed by atoms with Crippen molar-refractivity contribution >= 4 is 0 Å². The fourth-order valence-corrected chi connectivity index (χ4v) is 4.48. The van der Waals surface area contributed by atoms with Gasteiger partial charge in [-0.3, -0.25) is 9.80 Å². The molecule has 2 aromatic carbocycles. The van der Waals surface area contributed by atoms with E-state index >= 15 is 0 Å². The molecule has 35 heavy (non-hydrogen) atoms. The molecule has 0 saturated heterocycles. The lowest BCUT2D eigenvalue weighted by atomic mass is 10.1. The molecule has 0 aromatic heterocycles. The van der Waals surface area contributed by atoms with E-state index in [1.807, 2.05) is 0 Å². The van der Waals surface area contributed by atoms with Crippen molar-refractivity contribution < 1.29 is 9.47 Å². The number of benzene rings is 2. The Balaban J connectivity index is 1.67. The van der Waals surface area contributed by atoms with Gasteiger partial charge in [0.2, 0.25) is 0 Å². The molecule has 2 rings (SSSR count). The zero-order valence-corrected chi connectivity index (χ0v) is 22.9. The third-order valence-corrected chi connectivity index (χ3v) is 6.73. The second-order valence-corrected chi connectivity index (χ2v) is 9.72. The molecule has 4 heteroatoms. The van der Waals surface area contributed by atoms with Crippen LogP contribution >= 0.6 is 0 Å². The van der Waals surface area contributed by atoms with Crippen molar-refractivity contribution in [3.05, 3.63) is 59.7 Å². The van der Waals surface area contributed by atoms with Crippen LogP contribution in [0.3, 0.4) is 0 Å². The Bertz CT molecular complexity index is 695. The molecule has 0 aliphatic heterocycles. The van der Waals surface area contributed by atoms with Crippen LogP contribution in [0.15, 0.2) is 48.5 Å². The lowest BCUT2D eigenvalue weighted by molar-refractivity contribution is 0.248. The quantitative estimate of drug-likeness (QED) is 0.182.